The van der Waals surface area contributed by atoms with Crippen molar-refractivity contribution in [1.29, 1.82) is 0 Å². The number of rotatable bonds is 2. The van der Waals surface area contributed by atoms with Gasteiger partial charge in [-0.05, 0) is 12.1 Å². The van der Waals surface area contributed by atoms with Gasteiger partial charge in [0.05, 0.1) is 41.3 Å². The van der Waals surface area contributed by atoms with Crippen LogP contribution in [0.4, 0.5) is 24.5 Å². The summed E-state index contributed by atoms with van der Waals surface area (Å²) in [6.45, 7) is -0.362. The zero-order chi connectivity index (χ0) is 14.2. The maximum Gasteiger partial charge on any atom is 0.418 e. The number of anilines is 2. The third-order valence-electron chi connectivity index (χ3n) is 2.58. The van der Waals surface area contributed by atoms with Gasteiger partial charge in [0, 0.05) is 6.20 Å². The Bertz CT molecular complexity index is 606. The van der Waals surface area contributed by atoms with Crippen LogP contribution in [0.25, 0.3) is 5.69 Å². The molecule has 2 rings (SSSR count). The van der Waals surface area contributed by atoms with Crippen LogP contribution < -0.4 is 11.5 Å². The number of aliphatic hydroxyl groups is 1. The molecular formula is C11H11F3N4O. The lowest BCUT2D eigenvalue weighted by Crippen LogP contribution is -2.12. The minimum Gasteiger partial charge on any atom is -0.397 e. The van der Waals surface area contributed by atoms with Crippen molar-refractivity contribution < 1.29 is 18.3 Å². The first-order chi connectivity index (χ1) is 8.82. The Kier molecular flexibility index (Phi) is 3.11. The number of hydrogen-bond acceptors (Lipinski definition) is 4. The summed E-state index contributed by atoms with van der Waals surface area (Å²) in [5.74, 6) is 0. The lowest BCUT2D eigenvalue weighted by Gasteiger charge is -2.15. The van der Waals surface area contributed by atoms with E-state index in [1.165, 1.54) is 12.5 Å². The minimum absolute atomic E-state index is 0.0437. The van der Waals surface area contributed by atoms with Crippen LogP contribution in [0.5, 0.6) is 0 Å². The molecule has 1 aromatic carbocycles. The molecule has 0 aliphatic carbocycles. The van der Waals surface area contributed by atoms with Gasteiger partial charge in [-0.1, -0.05) is 0 Å². The zero-order valence-corrected chi connectivity index (χ0v) is 9.65. The van der Waals surface area contributed by atoms with Crippen molar-refractivity contribution in [3.63, 3.8) is 0 Å². The molecule has 19 heavy (non-hydrogen) atoms. The van der Waals surface area contributed by atoms with Crippen molar-refractivity contribution in [1.82, 2.24) is 9.55 Å². The summed E-state index contributed by atoms with van der Waals surface area (Å²) in [6, 6.07) is 1.91. The molecule has 5 nitrogen and oxygen atoms in total. The van der Waals surface area contributed by atoms with Crippen molar-refractivity contribution >= 4 is 11.4 Å². The number of alkyl halides is 3. The predicted molar refractivity (Wildman–Crippen MR) is 63.3 cm³/mol. The molecule has 0 bridgehead atoms. The molecule has 0 unspecified atom stereocenters. The van der Waals surface area contributed by atoms with Crippen LogP contribution >= 0.6 is 0 Å². The molecule has 0 spiro atoms. The van der Waals surface area contributed by atoms with E-state index in [2.05, 4.69) is 4.98 Å². The fraction of sp³-hybridized carbons (Fsp3) is 0.182. The van der Waals surface area contributed by atoms with Crippen LogP contribution in [0.15, 0.2) is 24.7 Å². The van der Waals surface area contributed by atoms with Gasteiger partial charge in [0.25, 0.3) is 0 Å². The molecule has 1 heterocycles. The number of hydrogen-bond donors (Lipinski definition) is 3. The van der Waals surface area contributed by atoms with E-state index in [0.717, 1.165) is 16.7 Å². The van der Waals surface area contributed by atoms with E-state index < -0.39 is 11.7 Å². The Morgan fingerprint density at radius 1 is 1.21 bits per heavy atom. The van der Waals surface area contributed by atoms with Gasteiger partial charge < -0.3 is 21.1 Å². The zero-order valence-electron chi connectivity index (χ0n) is 9.65. The topological polar surface area (TPSA) is 90.1 Å². The van der Waals surface area contributed by atoms with Gasteiger partial charge in [0.2, 0.25) is 0 Å². The number of halogens is 3. The first-order valence-corrected chi connectivity index (χ1v) is 5.23. The molecule has 0 amide bonds. The number of imidazole rings is 1. The van der Waals surface area contributed by atoms with Crippen LogP contribution in [0.1, 0.15) is 11.3 Å². The van der Waals surface area contributed by atoms with E-state index in [1.54, 1.807) is 0 Å². The van der Waals surface area contributed by atoms with Crippen molar-refractivity contribution in [2.45, 2.75) is 12.8 Å². The van der Waals surface area contributed by atoms with Crippen LogP contribution in [-0.2, 0) is 12.8 Å². The number of nitrogens with zero attached hydrogens (tertiary/aromatic N) is 2. The third-order valence-corrected chi connectivity index (χ3v) is 2.58. The molecule has 2 aromatic rings. The Hall–Kier alpha value is -2.22. The van der Waals surface area contributed by atoms with E-state index in [-0.39, 0.29) is 29.4 Å². The molecule has 0 atom stereocenters. The average Bonchev–Trinajstić information content (AvgIpc) is 2.79. The number of nitrogen functional groups attached to an aromatic ring is 2. The molecule has 0 fully saturated rings. The van der Waals surface area contributed by atoms with Crippen LogP contribution in [0.2, 0.25) is 0 Å². The summed E-state index contributed by atoms with van der Waals surface area (Å²) in [5, 5.41) is 8.88. The summed E-state index contributed by atoms with van der Waals surface area (Å²) in [7, 11) is 0. The summed E-state index contributed by atoms with van der Waals surface area (Å²) in [5.41, 5.74) is 9.99. The SMILES string of the molecule is Nc1cc(-n2cnc(CO)c2)c(C(F)(F)F)cc1N. The van der Waals surface area contributed by atoms with E-state index in [4.69, 9.17) is 16.6 Å². The molecule has 0 radical (unpaired) electrons. The van der Waals surface area contributed by atoms with Gasteiger partial charge in [0.1, 0.15) is 0 Å². The molecule has 5 N–H and O–H groups in total. The van der Waals surface area contributed by atoms with Crippen molar-refractivity contribution in [3.05, 3.63) is 35.9 Å². The fourth-order valence-electron chi connectivity index (χ4n) is 1.64. The molecule has 0 saturated heterocycles. The molecule has 0 aliphatic heterocycles. The number of aliphatic hydroxyl groups excluding tert-OH is 1. The molecule has 0 saturated carbocycles. The smallest absolute Gasteiger partial charge is 0.397 e. The summed E-state index contributed by atoms with van der Waals surface area (Å²) < 4.78 is 40.0. The van der Waals surface area contributed by atoms with Crippen molar-refractivity contribution in [3.8, 4) is 5.69 Å². The van der Waals surface area contributed by atoms with Gasteiger partial charge in [-0.15, -0.1) is 0 Å². The van der Waals surface area contributed by atoms with Crippen molar-refractivity contribution in [2.24, 2.45) is 0 Å². The molecular weight excluding hydrogens is 261 g/mol. The van der Waals surface area contributed by atoms with E-state index in [0.29, 0.717) is 0 Å². The highest BCUT2D eigenvalue weighted by atomic mass is 19.4. The fourth-order valence-corrected chi connectivity index (χ4v) is 1.64. The van der Waals surface area contributed by atoms with Crippen molar-refractivity contribution in [2.75, 3.05) is 11.5 Å². The predicted octanol–water partition coefficient (Wildman–Crippen LogP) is 1.55. The standard InChI is InChI=1S/C11H11F3N4O/c12-11(13,14)7-1-8(15)9(16)2-10(7)18-3-6(4-19)17-5-18/h1-3,5,19H,4,15-16H2. The van der Waals surface area contributed by atoms with Gasteiger partial charge in [0.15, 0.2) is 0 Å². The highest BCUT2D eigenvalue weighted by molar-refractivity contribution is 5.69. The maximum atomic E-state index is 13.0. The lowest BCUT2D eigenvalue weighted by atomic mass is 10.1. The first-order valence-electron chi connectivity index (χ1n) is 5.23. The van der Waals surface area contributed by atoms with E-state index in [9.17, 15) is 13.2 Å². The molecule has 8 heteroatoms. The first kappa shape index (κ1) is 13.2. The minimum atomic E-state index is -4.57. The average molecular weight is 272 g/mol. The normalized spacial score (nSPS) is 11.8. The van der Waals surface area contributed by atoms with Crippen LogP contribution in [0.3, 0.4) is 0 Å². The van der Waals surface area contributed by atoms with E-state index in [1.807, 2.05) is 0 Å². The van der Waals surface area contributed by atoms with E-state index >= 15 is 0 Å². The second kappa shape index (κ2) is 4.47. The Morgan fingerprint density at radius 2 is 1.84 bits per heavy atom. The summed E-state index contributed by atoms with van der Waals surface area (Å²) >= 11 is 0. The number of nitrogens with two attached hydrogens (primary N) is 2. The molecule has 102 valence electrons. The highest BCUT2D eigenvalue weighted by Crippen LogP contribution is 2.37. The van der Waals surface area contributed by atoms with Gasteiger partial charge in [-0.3, -0.25) is 0 Å². The molecule has 0 aliphatic rings. The highest BCUT2D eigenvalue weighted by Gasteiger charge is 2.34. The van der Waals surface area contributed by atoms with Gasteiger partial charge in [-0.25, -0.2) is 4.98 Å². The Balaban J connectivity index is 2.64. The molecule has 1 aromatic heterocycles. The second-order valence-electron chi connectivity index (χ2n) is 3.93. The number of aromatic nitrogens is 2. The van der Waals surface area contributed by atoms with Gasteiger partial charge in [-0.2, -0.15) is 13.2 Å². The Labute approximate surface area is 106 Å². The van der Waals surface area contributed by atoms with Crippen LogP contribution in [0, 0.1) is 0 Å². The monoisotopic (exact) mass is 272 g/mol. The van der Waals surface area contributed by atoms with Crippen LogP contribution in [-0.4, -0.2) is 14.7 Å². The third kappa shape index (κ3) is 2.48. The summed E-state index contributed by atoms with van der Waals surface area (Å²) in [4.78, 5) is 3.76. The maximum absolute atomic E-state index is 13.0. The lowest BCUT2D eigenvalue weighted by molar-refractivity contribution is -0.137. The Morgan fingerprint density at radius 3 is 2.37 bits per heavy atom. The second-order valence-corrected chi connectivity index (χ2v) is 3.93. The van der Waals surface area contributed by atoms with Gasteiger partial charge >= 0.3 is 6.18 Å². The quantitative estimate of drug-likeness (QED) is 0.723. The largest absolute Gasteiger partial charge is 0.418 e. The summed E-state index contributed by atoms with van der Waals surface area (Å²) in [6.07, 6.45) is -2.10. The number of benzene rings is 1.